The van der Waals surface area contributed by atoms with E-state index in [4.69, 9.17) is 25.8 Å². The van der Waals surface area contributed by atoms with E-state index in [2.05, 4.69) is 15.6 Å². The zero-order chi connectivity index (χ0) is 19.8. The largest absolute Gasteiger partial charge is 0.493 e. The van der Waals surface area contributed by atoms with Crippen LogP contribution in [-0.2, 0) is 13.1 Å². The first-order valence-corrected chi connectivity index (χ1v) is 8.57. The topological polar surface area (TPSA) is 64.1 Å². The van der Waals surface area contributed by atoms with Crippen LogP contribution >= 0.6 is 35.6 Å². The zero-order valence-corrected chi connectivity index (χ0v) is 19.2. The number of hydrogen-bond acceptors (Lipinski definition) is 4. The van der Waals surface area contributed by atoms with E-state index in [1.54, 1.807) is 40.5 Å². The van der Waals surface area contributed by atoms with Gasteiger partial charge >= 0.3 is 0 Å². The Balaban J connectivity index is 0.00000392. The Morgan fingerprint density at radius 1 is 0.964 bits per heavy atom. The van der Waals surface area contributed by atoms with Crippen LogP contribution in [0.4, 0.5) is 4.39 Å². The van der Waals surface area contributed by atoms with Gasteiger partial charge in [-0.05, 0) is 35.4 Å². The summed E-state index contributed by atoms with van der Waals surface area (Å²) in [6.45, 7) is 0.940. The Kier molecular flexibility index (Phi) is 10.2. The molecule has 0 aliphatic rings. The molecule has 0 atom stereocenters. The average molecular weight is 524 g/mol. The predicted octanol–water partition coefficient (Wildman–Crippen LogP) is 3.99. The molecule has 0 heterocycles. The van der Waals surface area contributed by atoms with Crippen LogP contribution < -0.4 is 24.8 Å². The number of aliphatic imine (C=N–C) groups is 1. The number of nitrogens with zero attached hydrogens (tertiary/aromatic N) is 1. The lowest BCUT2D eigenvalue weighted by atomic mass is 10.2. The number of ether oxygens (including phenoxy) is 3. The summed E-state index contributed by atoms with van der Waals surface area (Å²) in [6.07, 6.45) is 0. The van der Waals surface area contributed by atoms with Crippen molar-refractivity contribution in [3.63, 3.8) is 0 Å². The summed E-state index contributed by atoms with van der Waals surface area (Å²) in [4.78, 5) is 4.18. The molecule has 0 amide bonds. The molecule has 0 fully saturated rings. The maximum Gasteiger partial charge on any atom is 0.203 e. The zero-order valence-electron chi connectivity index (χ0n) is 16.1. The Bertz CT molecular complexity index is 796. The van der Waals surface area contributed by atoms with Crippen LogP contribution in [0.15, 0.2) is 35.3 Å². The SMILES string of the molecule is CN=C(NCc1ccc(F)c(Cl)c1)NCc1cc(OC)c(OC)c(OC)c1.I. The van der Waals surface area contributed by atoms with Crippen LogP contribution in [0.3, 0.4) is 0 Å². The average Bonchev–Trinajstić information content (AvgIpc) is 2.69. The first-order chi connectivity index (χ1) is 13.0. The highest BCUT2D eigenvalue weighted by Crippen LogP contribution is 2.38. The van der Waals surface area contributed by atoms with Crippen molar-refractivity contribution in [2.45, 2.75) is 13.1 Å². The fourth-order valence-electron chi connectivity index (χ4n) is 2.48. The molecule has 28 heavy (non-hydrogen) atoms. The third-order valence-electron chi connectivity index (χ3n) is 3.85. The number of benzene rings is 2. The van der Waals surface area contributed by atoms with E-state index in [0.29, 0.717) is 36.3 Å². The molecule has 6 nitrogen and oxygen atoms in total. The van der Waals surface area contributed by atoms with Crippen LogP contribution in [0.2, 0.25) is 5.02 Å². The van der Waals surface area contributed by atoms with Gasteiger partial charge in [-0.3, -0.25) is 4.99 Å². The van der Waals surface area contributed by atoms with Crippen molar-refractivity contribution in [2.75, 3.05) is 28.4 Å². The van der Waals surface area contributed by atoms with Gasteiger partial charge in [0.2, 0.25) is 5.75 Å². The van der Waals surface area contributed by atoms with Crippen molar-refractivity contribution < 1.29 is 18.6 Å². The molecule has 2 N–H and O–H groups in total. The number of halogens is 3. The highest BCUT2D eigenvalue weighted by molar-refractivity contribution is 14.0. The van der Waals surface area contributed by atoms with Gasteiger partial charge in [-0.2, -0.15) is 0 Å². The molecule has 2 rings (SSSR count). The molecule has 0 radical (unpaired) electrons. The van der Waals surface area contributed by atoms with Crippen LogP contribution in [0.1, 0.15) is 11.1 Å². The van der Waals surface area contributed by atoms with E-state index in [0.717, 1.165) is 11.1 Å². The standard InChI is InChI=1S/C19H23ClFN3O3.HI/c1-22-19(23-10-12-5-6-15(21)14(20)7-12)24-11-13-8-16(25-2)18(27-4)17(9-13)26-3;/h5-9H,10-11H2,1-4H3,(H2,22,23,24);1H. The van der Waals surface area contributed by atoms with Gasteiger partial charge in [-0.1, -0.05) is 17.7 Å². The molecule has 0 spiro atoms. The summed E-state index contributed by atoms with van der Waals surface area (Å²) in [7, 11) is 6.37. The van der Waals surface area contributed by atoms with E-state index in [1.807, 2.05) is 12.1 Å². The van der Waals surface area contributed by atoms with E-state index in [9.17, 15) is 4.39 Å². The summed E-state index contributed by atoms with van der Waals surface area (Å²) in [5, 5.41) is 6.45. The molecule has 154 valence electrons. The Morgan fingerprint density at radius 2 is 1.54 bits per heavy atom. The van der Waals surface area contributed by atoms with E-state index >= 15 is 0 Å². The molecule has 9 heteroatoms. The molecule has 0 saturated carbocycles. The lowest BCUT2D eigenvalue weighted by Gasteiger charge is -2.16. The number of rotatable bonds is 7. The molecule has 0 saturated heterocycles. The van der Waals surface area contributed by atoms with Gasteiger partial charge in [0.15, 0.2) is 17.5 Å². The molecular weight excluding hydrogens is 500 g/mol. The molecule has 0 aliphatic carbocycles. The van der Waals surface area contributed by atoms with Crippen molar-refractivity contribution in [1.82, 2.24) is 10.6 Å². The first kappa shape index (κ1) is 24.1. The summed E-state index contributed by atoms with van der Waals surface area (Å²) in [6, 6.07) is 8.31. The number of nitrogens with one attached hydrogen (secondary N) is 2. The fraction of sp³-hybridized carbons (Fsp3) is 0.316. The highest BCUT2D eigenvalue weighted by Gasteiger charge is 2.13. The Labute approximate surface area is 186 Å². The maximum atomic E-state index is 13.2. The molecule has 2 aromatic rings. The monoisotopic (exact) mass is 523 g/mol. The van der Waals surface area contributed by atoms with Crippen molar-refractivity contribution in [2.24, 2.45) is 4.99 Å². The smallest absolute Gasteiger partial charge is 0.203 e. The minimum absolute atomic E-state index is 0. The van der Waals surface area contributed by atoms with Crippen LogP contribution in [-0.4, -0.2) is 34.3 Å². The van der Waals surface area contributed by atoms with Gasteiger partial charge in [0.25, 0.3) is 0 Å². The van der Waals surface area contributed by atoms with Crippen molar-refractivity contribution in [1.29, 1.82) is 0 Å². The first-order valence-electron chi connectivity index (χ1n) is 8.19. The molecule has 0 aliphatic heterocycles. The summed E-state index contributed by atoms with van der Waals surface area (Å²) < 4.78 is 29.3. The van der Waals surface area contributed by atoms with Crippen molar-refractivity contribution in [3.05, 3.63) is 52.3 Å². The summed E-state index contributed by atoms with van der Waals surface area (Å²) >= 11 is 5.80. The maximum absolute atomic E-state index is 13.2. The Morgan fingerprint density at radius 3 is 2.00 bits per heavy atom. The molecule has 0 unspecified atom stereocenters. The van der Waals surface area contributed by atoms with Gasteiger partial charge in [-0.25, -0.2) is 4.39 Å². The quantitative estimate of drug-likeness (QED) is 0.327. The molecule has 0 bridgehead atoms. The van der Waals surface area contributed by atoms with Gasteiger partial charge in [-0.15, -0.1) is 24.0 Å². The minimum atomic E-state index is -0.440. The van der Waals surface area contributed by atoms with Gasteiger partial charge in [0.05, 0.1) is 26.4 Å². The summed E-state index contributed by atoms with van der Waals surface area (Å²) in [5.74, 6) is 1.85. The number of methoxy groups -OCH3 is 3. The lowest BCUT2D eigenvalue weighted by molar-refractivity contribution is 0.323. The predicted molar refractivity (Wildman–Crippen MR) is 120 cm³/mol. The van der Waals surface area contributed by atoms with Gasteiger partial charge in [0.1, 0.15) is 5.82 Å². The normalized spacial score (nSPS) is 10.7. The third-order valence-corrected chi connectivity index (χ3v) is 4.14. The van der Waals surface area contributed by atoms with Crippen LogP contribution in [0, 0.1) is 5.82 Å². The van der Waals surface area contributed by atoms with Gasteiger partial charge < -0.3 is 24.8 Å². The number of hydrogen-bond donors (Lipinski definition) is 2. The van der Waals surface area contributed by atoms with Crippen LogP contribution in [0.5, 0.6) is 17.2 Å². The molecule has 0 aromatic heterocycles. The second kappa shape index (κ2) is 11.8. The minimum Gasteiger partial charge on any atom is -0.493 e. The second-order valence-corrected chi connectivity index (χ2v) is 5.97. The molecule has 2 aromatic carbocycles. The Hall–Kier alpha value is -1.94. The van der Waals surface area contributed by atoms with Crippen molar-refractivity contribution in [3.8, 4) is 17.2 Å². The second-order valence-electron chi connectivity index (χ2n) is 5.56. The lowest BCUT2D eigenvalue weighted by Crippen LogP contribution is -2.36. The number of guanidine groups is 1. The third kappa shape index (κ3) is 6.30. The van der Waals surface area contributed by atoms with Crippen LogP contribution in [0.25, 0.3) is 0 Å². The molecular formula is C19H24ClFIN3O3. The highest BCUT2D eigenvalue weighted by atomic mass is 127. The fourth-order valence-corrected chi connectivity index (χ4v) is 2.68. The van der Waals surface area contributed by atoms with E-state index < -0.39 is 5.82 Å². The summed E-state index contributed by atoms with van der Waals surface area (Å²) in [5.41, 5.74) is 1.77. The van der Waals surface area contributed by atoms with E-state index in [-0.39, 0.29) is 29.0 Å². The van der Waals surface area contributed by atoms with Crippen molar-refractivity contribution >= 4 is 41.5 Å². The van der Waals surface area contributed by atoms with E-state index in [1.165, 1.54) is 6.07 Å². The van der Waals surface area contributed by atoms with Gasteiger partial charge in [0, 0.05) is 20.1 Å².